The van der Waals surface area contributed by atoms with Gasteiger partial charge < -0.3 is 62.5 Å². The number of amides is 8. The quantitative estimate of drug-likeness (QED) is 0.0872. The van der Waals surface area contributed by atoms with E-state index in [0.717, 1.165) is 47.9 Å². The molecule has 422 valence electrons. The second-order valence-corrected chi connectivity index (χ2v) is 23.4. The average Bonchev–Trinajstić information content (AvgIpc) is 4.13. The summed E-state index contributed by atoms with van der Waals surface area (Å²) in [5.41, 5.74) is 2.85. The molecule has 2 aliphatic carbocycles. The molecule has 2 saturated heterocycles. The van der Waals surface area contributed by atoms with Crippen molar-refractivity contribution in [1.29, 1.82) is 0 Å². The third-order valence-electron chi connectivity index (χ3n) is 15.7. The lowest BCUT2D eigenvalue weighted by Crippen LogP contribution is -2.60. The van der Waals surface area contributed by atoms with E-state index in [1.165, 1.54) is 42.1 Å². The molecule has 20 heteroatoms. The van der Waals surface area contributed by atoms with Crippen LogP contribution in [0.2, 0.25) is 0 Å². The minimum atomic E-state index is -1.12. The van der Waals surface area contributed by atoms with E-state index in [0.29, 0.717) is 12.8 Å². The van der Waals surface area contributed by atoms with Crippen molar-refractivity contribution in [3.63, 3.8) is 0 Å². The van der Waals surface area contributed by atoms with Crippen molar-refractivity contribution in [1.82, 2.24) is 52.3 Å². The van der Waals surface area contributed by atoms with Crippen molar-refractivity contribution < 1.29 is 48.6 Å². The van der Waals surface area contributed by atoms with E-state index in [1.54, 1.807) is 47.6 Å². The Bertz CT molecular complexity index is 2520. The SMILES string of the molecule is CN[C@@H](CO)C(=O)N[C@H](C(=O)N1C[C@@H](NC(=O)c2cccc(C(=O)N[C@H]3C[C@@H](C(=O)N[C@@H]4CCCc5ccccc54)N(C(=O)[C@@H](NC(=O)[C@H](CO)NC)C(C)(C)C)C3)c2)C[C@H]1C(=O)N[C@@H]1CCCc2ccccc21)C(C)(C)C. The summed E-state index contributed by atoms with van der Waals surface area (Å²) in [4.78, 5) is 116. The minimum Gasteiger partial charge on any atom is -0.394 e. The molecule has 2 heterocycles. The Morgan fingerprint density at radius 1 is 0.551 bits per heavy atom. The highest BCUT2D eigenvalue weighted by Gasteiger charge is 2.48. The van der Waals surface area contributed by atoms with E-state index in [2.05, 4.69) is 42.5 Å². The Morgan fingerprint density at radius 3 is 1.29 bits per heavy atom. The molecule has 78 heavy (non-hydrogen) atoms. The summed E-state index contributed by atoms with van der Waals surface area (Å²) in [7, 11) is 3.04. The van der Waals surface area contributed by atoms with Gasteiger partial charge in [-0.05, 0) is 117 Å². The van der Waals surface area contributed by atoms with Gasteiger partial charge in [-0.15, -0.1) is 0 Å². The van der Waals surface area contributed by atoms with Crippen LogP contribution in [-0.4, -0.2) is 156 Å². The number of fused-ring (bicyclic) bond motifs is 2. The van der Waals surface area contributed by atoms with Crippen LogP contribution in [-0.2, 0) is 41.6 Å². The Morgan fingerprint density at radius 2 is 0.936 bits per heavy atom. The predicted octanol–water partition coefficient (Wildman–Crippen LogP) is 1.70. The van der Waals surface area contributed by atoms with Crippen molar-refractivity contribution in [3.8, 4) is 0 Å². The molecule has 3 aromatic rings. The zero-order valence-electron chi connectivity index (χ0n) is 46.2. The first-order valence-electron chi connectivity index (χ1n) is 27.3. The van der Waals surface area contributed by atoms with E-state index >= 15 is 0 Å². The molecule has 2 aliphatic heterocycles. The first-order valence-corrected chi connectivity index (χ1v) is 27.3. The summed E-state index contributed by atoms with van der Waals surface area (Å²) in [6.45, 7) is 9.56. The lowest BCUT2D eigenvalue weighted by molar-refractivity contribution is -0.144. The summed E-state index contributed by atoms with van der Waals surface area (Å²) in [6, 6.07) is 13.6. The van der Waals surface area contributed by atoms with Crippen molar-refractivity contribution in [2.24, 2.45) is 10.8 Å². The molecule has 0 aromatic heterocycles. The van der Waals surface area contributed by atoms with Crippen molar-refractivity contribution >= 4 is 47.3 Å². The Balaban J connectivity index is 1.09. The van der Waals surface area contributed by atoms with Gasteiger partial charge in [-0.25, -0.2) is 0 Å². The standard InChI is InChI=1S/C58H80N10O10/c1-57(2,3)47(65-51(73)43(31-69)59-7)55(77)67-29-37(27-45(67)53(75)63-41-24-14-18-33-16-9-11-22-39(33)41)61-49(71)35-20-13-21-36(26-35)50(72)62-38-28-46(54(76)64-42-25-15-19-34-17-10-12-23-40(34)42)68(30-38)56(78)48(58(4,5)6)66-52(74)44(32-70)60-8/h9-13,16-17,20-23,26,37-38,41-48,59-60,69-70H,14-15,18-19,24-25,27-32H2,1-8H3,(H,61,71)(H,62,72)(H,63,75)(H,64,76)(H,65,73)(H,66,74)/t37-,38-,41+,42+,43-,44-,45-,46-,47+,48+/m0/s1. The van der Waals surface area contributed by atoms with Crippen LogP contribution in [0.15, 0.2) is 72.8 Å². The monoisotopic (exact) mass is 1080 g/mol. The molecule has 8 amide bonds. The maximum Gasteiger partial charge on any atom is 0.251 e. The van der Waals surface area contributed by atoms with Gasteiger partial charge in [0.1, 0.15) is 36.3 Å². The molecule has 3 aromatic carbocycles. The van der Waals surface area contributed by atoms with E-state index in [9.17, 15) is 48.6 Å². The van der Waals surface area contributed by atoms with Gasteiger partial charge in [-0.1, -0.05) is 96.1 Å². The molecule has 10 atom stereocenters. The maximum atomic E-state index is 14.7. The summed E-state index contributed by atoms with van der Waals surface area (Å²) in [6.07, 6.45) is 4.97. The van der Waals surface area contributed by atoms with Gasteiger partial charge in [0.05, 0.1) is 25.3 Å². The van der Waals surface area contributed by atoms with Crippen LogP contribution in [0.25, 0.3) is 0 Å². The van der Waals surface area contributed by atoms with Crippen LogP contribution in [0, 0.1) is 10.8 Å². The lowest BCUT2D eigenvalue weighted by Gasteiger charge is -2.36. The van der Waals surface area contributed by atoms with Crippen LogP contribution in [0.4, 0.5) is 0 Å². The summed E-state index contributed by atoms with van der Waals surface area (Å²) in [5.74, 6) is -4.20. The van der Waals surface area contributed by atoms with Crippen molar-refractivity contribution in [2.45, 2.75) is 153 Å². The number of rotatable bonds is 18. The van der Waals surface area contributed by atoms with Crippen LogP contribution in [0.5, 0.6) is 0 Å². The first-order chi connectivity index (χ1) is 37.1. The number of aryl methyl sites for hydroxylation is 2. The second kappa shape index (κ2) is 25.4. The molecule has 0 saturated carbocycles. The van der Waals surface area contributed by atoms with Crippen molar-refractivity contribution in [3.05, 3.63) is 106 Å². The number of likely N-dealkylation sites (tertiary alicyclic amines) is 2. The van der Waals surface area contributed by atoms with Gasteiger partial charge in [0.25, 0.3) is 11.8 Å². The number of carbonyl (C=O) groups is 8. The normalized spacial score (nSPS) is 22.6. The van der Waals surface area contributed by atoms with Gasteiger partial charge in [0.15, 0.2) is 0 Å². The molecule has 0 bridgehead atoms. The van der Waals surface area contributed by atoms with E-state index < -0.39 is 120 Å². The number of carbonyl (C=O) groups excluding carboxylic acids is 8. The van der Waals surface area contributed by atoms with Crippen LogP contribution < -0.4 is 42.5 Å². The molecular formula is C58H80N10O10. The van der Waals surface area contributed by atoms with Gasteiger partial charge in [0.2, 0.25) is 35.4 Å². The number of hydrogen-bond donors (Lipinski definition) is 10. The number of nitrogens with one attached hydrogen (secondary N) is 8. The first kappa shape index (κ1) is 58.9. The molecule has 0 unspecified atom stereocenters. The summed E-state index contributed by atoms with van der Waals surface area (Å²) < 4.78 is 0. The largest absolute Gasteiger partial charge is 0.394 e. The fourth-order valence-corrected chi connectivity index (χ4v) is 11.3. The highest BCUT2D eigenvalue weighted by atomic mass is 16.3. The van der Waals surface area contributed by atoms with Gasteiger partial charge >= 0.3 is 0 Å². The Labute approximate surface area is 457 Å². The second-order valence-electron chi connectivity index (χ2n) is 23.4. The predicted molar refractivity (Wildman–Crippen MR) is 292 cm³/mol. The van der Waals surface area contributed by atoms with E-state index in [4.69, 9.17) is 0 Å². The summed E-state index contributed by atoms with van der Waals surface area (Å²) >= 11 is 0. The number of benzene rings is 3. The average molecular weight is 1080 g/mol. The third kappa shape index (κ3) is 13.7. The highest BCUT2D eigenvalue weighted by molar-refractivity contribution is 6.01. The third-order valence-corrected chi connectivity index (χ3v) is 15.7. The highest BCUT2D eigenvalue weighted by Crippen LogP contribution is 2.34. The van der Waals surface area contributed by atoms with Crippen molar-refractivity contribution in [2.75, 3.05) is 40.4 Å². The molecule has 2 fully saturated rings. The fraction of sp³-hybridized carbons (Fsp3) is 0.552. The molecular weight excluding hydrogens is 997 g/mol. The maximum absolute atomic E-state index is 14.7. The zero-order chi connectivity index (χ0) is 56.6. The Kier molecular flexibility index (Phi) is 19.2. The van der Waals surface area contributed by atoms with Crippen LogP contribution in [0.1, 0.15) is 135 Å². The lowest BCUT2D eigenvalue weighted by atomic mass is 9.85. The zero-order valence-corrected chi connectivity index (χ0v) is 46.2. The number of hydrogen-bond acceptors (Lipinski definition) is 12. The number of nitrogens with zero attached hydrogens (tertiary/aromatic N) is 2. The van der Waals surface area contributed by atoms with Gasteiger partial charge in [-0.2, -0.15) is 0 Å². The topological polar surface area (TPSA) is 280 Å². The van der Waals surface area contributed by atoms with E-state index in [-0.39, 0.29) is 49.1 Å². The van der Waals surface area contributed by atoms with E-state index in [1.807, 2.05) is 48.5 Å². The number of aliphatic hydroxyl groups excluding tert-OH is 2. The smallest absolute Gasteiger partial charge is 0.251 e. The molecule has 4 aliphatic rings. The van der Waals surface area contributed by atoms with Gasteiger partial charge in [-0.3, -0.25) is 38.4 Å². The molecule has 0 spiro atoms. The Hall–Kier alpha value is -6.74. The van der Waals surface area contributed by atoms with Crippen LogP contribution >= 0.6 is 0 Å². The molecule has 10 N–H and O–H groups in total. The fourth-order valence-electron chi connectivity index (χ4n) is 11.3. The molecule has 0 radical (unpaired) electrons. The molecule has 20 nitrogen and oxygen atoms in total. The van der Waals surface area contributed by atoms with Crippen LogP contribution in [0.3, 0.4) is 0 Å². The summed E-state index contributed by atoms with van der Waals surface area (Å²) in [5, 5.41) is 43.2. The number of aliphatic hydroxyl groups is 2. The van der Waals surface area contributed by atoms with Gasteiger partial charge in [0, 0.05) is 36.3 Å². The number of likely N-dealkylation sites (N-methyl/N-ethyl adjacent to an activating group) is 2. The minimum absolute atomic E-state index is 0.0502. The molecule has 7 rings (SSSR count).